The van der Waals surface area contributed by atoms with Crippen molar-refractivity contribution in [2.45, 2.75) is 6.54 Å². The highest BCUT2D eigenvalue weighted by Gasteiger charge is 2.17. The fraction of sp³-hybridized carbons (Fsp3) is 0.273. The van der Waals surface area contributed by atoms with Gasteiger partial charge in [-0.25, -0.2) is 0 Å². The largest absolute Gasteiger partial charge is 0.496 e. The number of quaternary nitrogens is 1. The minimum atomic E-state index is -0.0553. The van der Waals surface area contributed by atoms with Gasteiger partial charge in [0.25, 0.3) is 0 Å². The van der Waals surface area contributed by atoms with Gasteiger partial charge in [-0.3, -0.25) is 4.79 Å². The molecule has 1 heterocycles. The first-order valence-corrected chi connectivity index (χ1v) is 9.00. The van der Waals surface area contributed by atoms with Crippen molar-refractivity contribution in [3.05, 3.63) is 70.8 Å². The molecule has 2 aromatic carbocycles. The quantitative estimate of drug-likeness (QED) is 0.629. The van der Waals surface area contributed by atoms with E-state index in [2.05, 4.69) is 6.07 Å². The second kappa shape index (κ2) is 9.13. The lowest BCUT2D eigenvalue weighted by atomic mass is 10.0. The smallest absolute Gasteiger partial charge is 0.185 e. The molecule has 138 valence electrons. The van der Waals surface area contributed by atoms with E-state index in [0.29, 0.717) is 11.1 Å². The van der Waals surface area contributed by atoms with Crippen LogP contribution in [-0.2, 0) is 11.3 Å². The predicted octanol–water partition coefficient (Wildman–Crippen LogP) is 1.88. The number of hydrogen-bond donors (Lipinski definition) is 1. The van der Waals surface area contributed by atoms with Gasteiger partial charge in [-0.1, -0.05) is 18.2 Å². The summed E-state index contributed by atoms with van der Waals surface area (Å²) < 4.78 is 10.9. The first-order valence-electron chi connectivity index (χ1n) is 9.00. The Labute approximate surface area is 159 Å². The van der Waals surface area contributed by atoms with Gasteiger partial charge in [0.2, 0.25) is 0 Å². The number of rotatable bonds is 6. The summed E-state index contributed by atoms with van der Waals surface area (Å²) in [4.78, 5) is 14.0. The van der Waals surface area contributed by atoms with E-state index in [1.807, 2.05) is 24.3 Å². The Bertz CT molecular complexity index is 860. The van der Waals surface area contributed by atoms with Gasteiger partial charge in [0, 0.05) is 11.1 Å². The van der Waals surface area contributed by atoms with Crippen molar-refractivity contribution in [2.75, 3.05) is 33.4 Å². The number of carbonyl (C=O) groups excluding carboxylic acids is 1. The van der Waals surface area contributed by atoms with E-state index in [0.717, 1.165) is 49.7 Å². The zero-order valence-electron chi connectivity index (χ0n) is 15.4. The molecule has 3 rings (SSSR count). The van der Waals surface area contributed by atoms with E-state index < -0.39 is 0 Å². The molecule has 0 bridgehead atoms. The number of methoxy groups -OCH3 is 1. The SMILES string of the molecule is COc1ccc(C(=O)/C=C/c2ccc(C#N)cc2)cc1C[NH+]1CCOCC1. The molecule has 5 nitrogen and oxygen atoms in total. The van der Waals surface area contributed by atoms with Gasteiger partial charge in [-0.05, 0) is 42.0 Å². The lowest BCUT2D eigenvalue weighted by Crippen LogP contribution is -3.12. The van der Waals surface area contributed by atoms with Gasteiger partial charge in [0.1, 0.15) is 25.4 Å². The maximum atomic E-state index is 12.6. The van der Waals surface area contributed by atoms with Crippen LogP contribution >= 0.6 is 0 Å². The number of hydrogen-bond acceptors (Lipinski definition) is 4. The number of allylic oxidation sites excluding steroid dienone is 1. The number of nitrogens with zero attached hydrogens (tertiary/aromatic N) is 1. The molecule has 1 aliphatic rings. The number of morpholine rings is 1. The van der Waals surface area contributed by atoms with Crippen molar-refractivity contribution in [1.82, 2.24) is 0 Å². The molecule has 5 heteroatoms. The Kier molecular flexibility index (Phi) is 6.37. The van der Waals surface area contributed by atoms with Crippen LogP contribution in [0, 0.1) is 11.3 Å². The van der Waals surface area contributed by atoms with Crippen LogP contribution in [0.4, 0.5) is 0 Å². The average Bonchev–Trinajstić information content (AvgIpc) is 2.73. The summed E-state index contributed by atoms with van der Waals surface area (Å²) in [6, 6.07) is 14.8. The molecule has 0 aliphatic carbocycles. The number of ether oxygens (including phenoxy) is 2. The van der Waals surface area contributed by atoms with E-state index in [4.69, 9.17) is 14.7 Å². The van der Waals surface area contributed by atoms with Gasteiger partial charge >= 0.3 is 0 Å². The molecular formula is C22H23N2O3+. The maximum absolute atomic E-state index is 12.6. The highest BCUT2D eigenvalue weighted by atomic mass is 16.5. The van der Waals surface area contributed by atoms with Crippen LogP contribution in [-0.4, -0.2) is 39.2 Å². The molecule has 0 radical (unpaired) electrons. The van der Waals surface area contributed by atoms with Crippen molar-refractivity contribution < 1.29 is 19.2 Å². The number of nitrogens with one attached hydrogen (secondary N) is 1. The number of benzene rings is 2. The maximum Gasteiger partial charge on any atom is 0.185 e. The second-order valence-electron chi connectivity index (χ2n) is 6.50. The van der Waals surface area contributed by atoms with E-state index in [-0.39, 0.29) is 5.78 Å². The summed E-state index contributed by atoms with van der Waals surface area (Å²) in [6.07, 6.45) is 3.33. The average molecular weight is 363 g/mol. The molecule has 2 aromatic rings. The molecule has 1 N–H and O–H groups in total. The zero-order valence-corrected chi connectivity index (χ0v) is 15.4. The normalized spacial score (nSPS) is 14.8. The minimum absolute atomic E-state index is 0.0553. The van der Waals surface area contributed by atoms with Gasteiger partial charge in [0.15, 0.2) is 5.78 Å². The third-order valence-electron chi connectivity index (χ3n) is 4.67. The fourth-order valence-corrected chi connectivity index (χ4v) is 3.11. The molecule has 1 fully saturated rings. The molecule has 0 saturated carbocycles. The molecule has 0 spiro atoms. The van der Waals surface area contributed by atoms with E-state index in [9.17, 15) is 4.79 Å². The number of nitriles is 1. The Morgan fingerprint density at radius 3 is 2.63 bits per heavy atom. The van der Waals surface area contributed by atoms with Crippen LogP contribution in [0.15, 0.2) is 48.5 Å². The molecule has 0 atom stereocenters. The Balaban J connectivity index is 1.74. The summed E-state index contributed by atoms with van der Waals surface area (Å²) in [5, 5.41) is 8.84. The monoisotopic (exact) mass is 363 g/mol. The molecule has 1 saturated heterocycles. The van der Waals surface area contributed by atoms with E-state index in [1.54, 1.807) is 37.5 Å². The Morgan fingerprint density at radius 1 is 1.22 bits per heavy atom. The predicted molar refractivity (Wildman–Crippen MR) is 103 cm³/mol. The van der Waals surface area contributed by atoms with E-state index >= 15 is 0 Å². The van der Waals surface area contributed by atoms with Gasteiger partial charge in [-0.15, -0.1) is 0 Å². The van der Waals surface area contributed by atoms with Crippen LogP contribution in [0.3, 0.4) is 0 Å². The van der Waals surface area contributed by atoms with Gasteiger partial charge < -0.3 is 14.4 Å². The van der Waals surface area contributed by atoms with Crippen molar-refractivity contribution >= 4 is 11.9 Å². The van der Waals surface area contributed by atoms with E-state index in [1.165, 1.54) is 4.90 Å². The first kappa shape index (κ1) is 18.8. The Morgan fingerprint density at radius 2 is 1.96 bits per heavy atom. The molecule has 1 aliphatic heterocycles. The van der Waals surface area contributed by atoms with Crippen molar-refractivity contribution in [2.24, 2.45) is 0 Å². The number of carbonyl (C=O) groups is 1. The topological polar surface area (TPSA) is 63.8 Å². The third kappa shape index (κ3) is 5.04. The summed E-state index contributed by atoms with van der Waals surface area (Å²) in [6.45, 7) is 4.26. The molecule has 0 aromatic heterocycles. The lowest BCUT2D eigenvalue weighted by Gasteiger charge is -2.24. The standard InChI is InChI=1S/C22H22N2O3/c1-26-22-9-7-19(14-20(22)16-24-10-12-27-13-11-24)21(25)8-6-17-2-4-18(15-23)5-3-17/h2-9,14H,10-13,16H2,1H3/p+1/b8-6+. The summed E-state index contributed by atoms with van der Waals surface area (Å²) in [5.41, 5.74) is 3.16. The highest BCUT2D eigenvalue weighted by Crippen LogP contribution is 2.20. The molecule has 0 amide bonds. The molecule has 0 unspecified atom stereocenters. The zero-order chi connectivity index (χ0) is 19.1. The Hall–Kier alpha value is -2.94. The minimum Gasteiger partial charge on any atom is -0.496 e. The number of ketones is 1. The lowest BCUT2D eigenvalue weighted by molar-refractivity contribution is -0.921. The third-order valence-corrected chi connectivity index (χ3v) is 4.67. The van der Waals surface area contributed by atoms with Crippen molar-refractivity contribution in [3.63, 3.8) is 0 Å². The van der Waals surface area contributed by atoms with Crippen LogP contribution in [0.2, 0.25) is 0 Å². The summed E-state index contributed by atoms with van der Waals surface area (Å²) >= 11 is 0. The van der Waals surface area contributed by atoms with Crippen LogP contribution < -0.4 is 9.64 Å². The highest BCUT2D eigenvalue weighted by molar-refractivity contribution is 6.07. The van der Waals surface area contributed by atoms with Crippen LogP contribution in [0.5, 0.6) is 5.75 Å². The van der Waals surface area contributed by atoms with Gasteiger partial charge in [-0.2, -0.15) is 5.26 Å². The molecule has 27 heavy (non-hydrogen) atoms. The van der Waals surface area contributed by atoms with Crippen molar-refractivity contribution in [1.29, 1.82) is 5.26 Å². The first-order chi connectivity index (χ1) is 13.2. The van der Waals surface area contributed by atoms with Crippen LogP contribution in [0.25, 0.3) is 6.08 Å². The summed E-state index contributed by atoms with van der Waals surface area (Å²) in [5.74, 6) is 0.752. The fourth-order valence-electron chi connectivity index (χ4n) is 3.11. The van der Waals surface area contributed by atoms with Gasteiger partial charge in [0.05, 0.1) is 32.0 Å². The van der Waals surface area contributed by atoms with Crippen molar-refractivity contribution in [3.8, 4) is 11.8 Å². The molecular weight excluding hydrogens is 340 g/mol. The second-order valence-corrected chi connectivity index (χ2v) is 6.50. The van der Waals surface area contributed by atoms with Crippen LogP contribution in [0.1, 0.15) is 27.0 Å². The summed E-state index contributed by atoms with van der Waals surface area (Å²) in [7, 11) is 1.65.